The highest BCUT2D eigenvalue weighted by molar-refractivity contribution is 5.88. The highest BCUT2D eigenvalue weighted by Crippen LogP contribution is 2.30. The number of benzene rings is 3. The Bertz CT molecular complexity index is 907. The van der Waals surface area contributed by atoms with Crippen LogP contribution in [0.15, 0.2) is 59.8 Å². The molecule has 2 N–H and O–H groups in total. The Labute approximate surface area is 146 Å². The molecule has 0 amide bonds. The first kappa shape index (κ1) is 16.6. The summed E-state index contributed by atoms with van der Waals surface area (Å²) in [4.78, 5) is 10.3. The van der Waals surface area contributed by atoms with Crippen molar-refractivity contribution in [3.63, 3.8) is 0 Å². The molecule has 0 radical (unpaired) electrons. The quantitative estimate of drug-likeness (QED) is 0.390. The van der Waals surface area contributed by atoms with Crippen LogP contribution in [0.1, 0.15) is 16.7 Å². The third-order valence-corrected chi connectivity index (χ3v) is 3.94. The lowest BCUT2D eigenvalue weighted by atomic mass is 10.0. The topological polar surface area (TPSA) is 63.1 Å². The molecule has 0 aromatic heterocycles. The Morgan fingerprint density at radius 1 is 1.08 bits per heavy atom. The van der Waals surface area contributed by atoms with Crippen LogP contribution in [-0.4, -0.2) is 11.5 Å². The van der Waals surface area contributed by atoms with E-state index in [0.717, 1.165) is 27.6 Å². The molecule has 25 heavy (non-hydrogen) atoms. The van der Waals surface area contributed by atoms with E-state index in [4.69, 9.17) is 9.68 Å². The van der Waals surface area contributed by atoms with Gasteiger partial charge in [0.05, 0.1) is 5.69 Å². The van der Waals surface area contributed by atoms with Gasteiger partial charge in [-0.05, 0) is 53.9 Å². The normalized spacial score (nSPS) is 11.0. The third-order valence-electron chi connectivity index (χ3n) is 3.94. The van der Waals surface area contributed by atoms with E-state index < -0.39 is 0 Å². The average molecular weight is 336 g/mol. The first-order valence-corrected chi connectivity index (χ1v) is 7.97. The zero-order valence-corrected chi connectivity index (χ0v) is 14.2. The molecule has 3 aromatic rings. The molecule has 0 bridgehead atoms. The van der Waals surface area contributed by atoms with Gasteiger partial charge in [-0.1, -0.05) is 41.6 Å². The number of hydrogen-bond donors (Lipinski definition) is 2. The Hall–Kier alpha value is -3.21. The number of aryl methyl sites for hydroxylation is 2. The first-order chi connectivity index (χ1) is 12.1. The summed E-state index contributed by atoms with van der Waals surface area (Å²) in [5.41, 5.74) is 6.22. The molecule has 0 heterocycles. The molecule has 0 aliphatic heterocycles. The third kappa shape index (κ3) is 4.01. The maximum Gasteiger partial charge on any atom is 0.245 e. The van der Waals surface area contributed by atoms with Gasteiger partial charge in [0.2, 0.25) is 6.40 Å². The number of phenols is 1. The van der Waals surface area contributed by atoms with Crippen LogP contribution in [0.3, 0.4) is 0 Å². The van der Waals surface area contributed by atoms with E-state index in [1.165, 1.54) is 6.40 Å². The van der Waals surface area contributed by atoms with Crippen LogP contribution in [0.4, 0.5) is 5.69 Å². The van der Waals surface area contributed by atoms with Gasteiger partial charge in [0.1, 0.15) is 12.4 Å². The van der Waals surface area contributed by atoms with Crippen molar-refractivity contribution in [1.29, 1.82) is 0 Å². The zero-order chi connectivity index (χ0) is 17.6. The van der Waals surface area contributed by atoms with Gasteiger partial charge in [-0.3, -0.25) is 0 Å². The van der Waals surface area contributed by atoms with Gasteiger partial charge in [0.15, 0.2) is 0 Å². The number of anilines is 1. The van der Waals surface area contributed by atoms with Gasteiger partial charge in [0.25, 0.3) is 0 Å². The molecule has 5 heteroatoms. The zero-order valence-electron chi connectivity index (χ0n) is 14.2. The second-order valence-corrected chi connectivity index (χ2v) is 5.80. The first-order valence-electron chi connectivity index (χ1n) is 7.97. The molecule has 0 saturated heterocycles. The number of phenolic OH excluding ortho intramolecular Hbond substituents is 1. The fraction of sp³-hybridized carbons (Fsp3) is 0.150. The van der Waals surface area contributed by atoms with Crippen molar-refractivity contribution in [2.75, 3.05) is 5.48 Å². The van der Waals surface area contributed by atoms with Gasteiger partial charge in [-0.25, -0.2) is 5.48 Å². The number of fused-ring (bicyclic) bond motifs is 1. The standard InChI is InChI=1S/C20H20N2O3/c1-14-6-5-8-18(10-14)22-25-13-21-24-12-17-11-16-7-3-4-9-19(16)15(2)20(17)23/h3-11,13,22-23H,12H2,1-2H3/b21-13-. The lowest BCUT2D eigenvalue weighted by Crippen LogP contribution is -1.99. The lowest BCUT2D eigenvalue weighted by Gasteiger charge is -2.10. The summed E-state index contributed by atoms with van der Waals surface area (Å²) in [6, 6.07) is 17.6. The van der Waals surface area contributed by atoms with E-state index in [9.17, 15) is 5.11 Å². The fourth-order valence-electron chi connectivity index (χ4n) is 2.66. The number of oxime groups is 1. The van der Waals surface area contributed by atoms with E-state index in [1.54, 1.807) is 0 Å². The molecular formula is C20H20N2O3. The molecule has 0 spiro atoms. The molecular weight excluding hydrogens is 316 g/mol. The summed E-state index contributed by atoms with van der Waals surface area (Å²) >= 11 is 0. The van der Waals surface area contributed by atoms with Crippen molar-refractivity contribution in [1.82, 2.24) is 0 Å². The second kappa shape index (κ2) is 7.57. The maximum absolute atomic E-state index is 10.3. The summed E-state index contributed by atoms with van der Waals surface area (Å²) in [6.07, 6.45) is 1.17. The van der Waals surface area contributed by atoms with Gasteiger partial charge in [-0.2, -0.15) is 0 Å². The minimum Gasteiger partial charge on any atom is -0.507 e. The SMILES string of the molecule is Cc1cccc(NO/C=N\OCc2cc3ccccc3c(C)c2O)c1. The molecule has 0 aliphatic rings. The van der Waals surface area contributed by atoms with Crippen LogP contribution >= 0.6 is 0 Å². The molecule has 0 aliphatic carbocycles. The Morgan fingerprint density at radius 3 is 2.76 bits per heavy atom. The maximum atomic E-state index is 10.3. The van der Waals surface area contributed by atoms with E-state index in [1.807, 2.05) is 68.4 Å². The summed E-state index contributed by atoms with van der Waals surface area (Å²) < 4.78 is 0. The van der Waals surface area contributed by atoms with Crippen LogP contribution in [0, 0.1) is 13.8 Å². The van der Waals surface area contributed by atoms with Crippen LogP contribution in [0.25, 0.3) is 10.8 Å². The Balaban J connectivity index is 1.57. The lowest BCUT2D eigenvalue weighted by molar-refractivity contribution is 0.123. The minimum atomic E-state index is 0.155. The molecule has 3 aromatic carbocycles. The number of nitrogens with zero attached hydrogens (tertiary/aromatic N) is 1. The fourth-order valence-corrected chi connectivity index (χ4v) is 2.66. The van der Waals surface area contributed by atoms with Crippen molar-refractivity contribution >= 4 is 22.9 Å². The number of hydrogen-bond acceptors (Lipinski definition) is 5. The van der Waals surface area contributed by atoms with Crippen molar-refractivity contribution in [3.05, 3.63) is 71.3 Å². The Kier molecular flexibility index (Phi) is 5.04. The smallest absolute Gasteiger partial charge is 0.245 e. The van der Waals surface area contributed by atoms with E-state index >= 15 is 0 Å². The average Bonchev–Trinajstić information content (AvgIpc) is 2.62. The molecule has 0 atom stereocenters. The number of rotatable bonds is 6. The van der Waals surface area contributed by atoms with E-state index in [0.29, 0.717) is 5.56 Å². The predicted molar refractivity (Wildman–Crippen MR) is 99.5 cm³/mol. The summed E-state index contributed by atoms with van der Waals surface area (Å²) in [5.74, 6) is 0.229. The molecule has 0 saturated carbocycles. The number of aromatic hydroxyl groups is 1. The molecule has 0 unspecified atom stereocenters. The van der Waals surface area contributed by atoms with Gasteiger partial charge < -0.3 is 14.8 Å². The van der Waals surface area contributed by atoms with Crippen molar-refractivity contribution in [2.45, 2.75) is 20.5 Å². The molecule has 5 nitrogen and oxygen atoms in total. The van der Waals surface area contributed by atoms with Gasteiger partial charge >= 0.3 is 0 Å². The Morgan fingerprint density at radius 2 is 1.92 bits per heavy atom. The second-order valence-electron chi connectivity index (χ2n) is 5.80. The molecule has 3 rings (SSSR count). The molecule has 0 fully saturated rings. The van der Waals surface area contributed by atoms with E-state index in [2.05, 4.69) is 10.6 Å². The highest BCUT2D eigenvalue weighted by Gasteiger charge is 2.09. The van der Waals surface area contributed by atoms with Crippen molar-refractivity contribution in [3.8, 4) is 5.75 Å². The number of nitrogens with one attached hydrogen (secondary N) is 1. The largest absolute Gasteiger partial charge is 0.507 e. The van der Waals surface area contributed by atoms with E-state index in [-0.39, 0.29) is 12.4 Å². The summed E-state index contributed by atoms with van der Waals surface area (Å²) in [7, 11) is 0. The molecule has 128 valence electrons. The van der Waals surface area contributed by atoms with Crippen LogP contribution in [0.5, 0.6) is 5.75 Å². The van der Waals surface area contributed by atoms with Crippen molar-refractivity contribution in [2.24, 2.45) is 5.16 Å². The summed E-state index contributed by atoms with van der Waals surface area (Å²) in [5, 5.41) is 16.1. The minimum absolute atomic E-state index is 0.155. The van der Waals surface area contributed by atoms with Crippen LogP contribution in [-0.2, 0) is 16.3 Å². The van der Waals surface area contributed by atoms with Crippen LogP contribution < -0.4 is 5.48 Å². The highest BCUT2D eigenvalue weighted by atomic mass is 16.7. The summed E-state index contributed by atoms with van der Waals surface area (Å²) in [6.45, 7) is 4.04. The predicted octanol–water partition coefficient (Wildman–Crippen LogP) is 4.67. The van der Waals surface area contributed by atoms with Gasteiger partial charge in [0, 0.05) is 5.56 Å². The monoisotopic (exact) mass is 336 g/mol. The van der Waals surface area contributed by atoms with Crippen LogP contribution in [0.2, 0.25) is 0 Å². The van der Waals surface area contributed by atoms with Crippen molar-refractivity contribution < 1.29 is 14.8 Å². The van der Waals surface area contributed by atoms with Gasteiger partial charge in [-0.15, -0.1) is 0 Å².